The molecule has 1 atom stereocenters. The van der Waals surface area contributed by atoms with Crippen LogP contribution in [-0.4, -0.2) is 62.5 Å². The number of carbonyl (C=O) groups is 1. The van der Waals surface area contributed by atoms with Crippen LogP contribution < -0.4 is 5.32 Å². The molecule has 2 saturated heterocycles. The van der Waals surface area contributed by atoms with Crippen LogP contribution in [0.4, 0.5) is 0 Å². The highest BCUT2D eigenvalue weighted by atomic mass is 32.2. The van der Waals surface area contributed by atoms with Crippen molar-refractivity contribution in [3.8, 4) is 0 Å². The molecule has 1 amide bonds. The number of carbonyl (C=O) groups excluding carboxylic acids is 1. The summed E-state index contributed by atoms with van der Waals surface area (Å²) in [5.41, 5.74) is 0. The van der Waals surface area contributed by atoms with E-state index in [0.717, 1.165) is 18.8 Å². The summed E-state index contributed by atoms with van der Waals surface area (Å²) in [6.45, 7) is 3.41. The van der Waals surface area contributed by atoms with Crippen LogP contribution in [0.2, 0.25) is 0 Å². The molecule has 3 rings (SSSR count). The van der Waals surface area contributed by atoms with Crippen LogP contribution in [0.3, 0.4) is 0 Å². The summed E-state index contributed by atoms with van der Waals surface area (Å²) >= 11 is 0. The molecule has 0 aromatic carbocycles. The zero-order chi connectivity index (χ0) is 18.6. The summed E-state index contributed by atoms with van der Waals surface area (Å²) in [7, 11) is -3.16. The monoisotopic (exact) mass is 383 g/mol. The molecule has 1 aromatic rings. The Balaban J connectivity index is 1.55. The molecule has 2 fully saturated rings. The largest absolute Gasteiger partial charge is 0.468 e. The van der Waals surface area contributed by atoms with Crippen molar-refractivity contribution >= 4 is 15.9 Å². The third-order valence-corrected chi connectivity index (χ3v) is 6.77. The van der Waals surface area contributed by atoms with Gasteiger partial charge in [-0.15, -0.1) is 0 Å². The predicted octanol–water partition coefficient (Wildman–Crippen LogP) is 1.59. The number of sulfonamides is 1. The van der Waals surface area contributed by atoms with Crippen LogP contribution in [0, 0.1) is 5.92 Å². The Morgan fingerprint density at radius 1 is 1.23 bits per heavy atom. The van der Waals surface area contributed by atoms with Crippen LogP contribution in [0.15, 0.2) is 22.8 Å². The number of furan rings is 1. The molecule has 3 heterocycles. The second-order valence-electron chi connectivity index (χ2n) is 7.31. The van der Waals surface area contributed by atoms with E-state index in [2.05, 4.69) is 10.2 Å². The van der Waals surface area contributed by atoms with Crippen molar-refractivity contribution < 1.29 is 17.6 Å². The van der Waals surface area contributed by atoms with Crippen LogP contribution >= 0.6 is 0 Å². The van der Waals surface area contributed by atoms with E-state index in [1.807, 2.05) is 12.1 Å². The second-order valence-corrected chi connectivity index (χ2v) is 9.29. The number of likely N-dealkylation sites (tertiary alicyclic amines) is 1. The first-order valence-corrected chi connectivity index (χ1v) is 11.3. The molecule has 8 heteroatoms. The van der Waals surface area contributed by atoms with Gasteiger partial charge in [-0.05, 0) is 50.9 Å². The van der Waals surface area contributed by atoms with Crippen LogP contribution in [-0.2, 0) is 14.8 Å². The number of rotatable bonds is 6. The zero-order valence-corrected chi connectivity index (χ0v) is 16.2. The summed E-state index contributed by atoms with van der Waals surface area (Å²) in [6.07, 6.45) is 7.66. The summed E-state index contributed by atoms with van der Waals surface area (Å²) in [6, 6.07) is 3.91. The van der Waals surface area contributed by atoms with E-state index in [0.29, 0.717) is 32.5 Å². The molecular formula is C18H29N3O4S. The Morgan fingerprint density at radius 2 is 1.92 bits per heavy atom. The van der Waals surface area contributed by atoms with Gasteiger partial charge in [0.1, 0.15) is 5.76 Å². The molecule has 1 N–H and O–H groups in total. The molecule has 0 bridgehead atoms. The molecule has 2 aliphatic rings. The van der Waals surface area contributed by atoms with Gasteiger partial charge >= 0.3 is 0 Å². The maximum Gasteiger partial charge on any atom is 0.223 e. The van der Waals surface area contributed by atoms with Crippen LogP contribution in [0.5, 0.6) is 0 Å². The fourth-order valence-corrected chi connectivity index (χ4v) is 4.79. The van der Waals surface area contributed by atoms with Crippen molar-refractivity contribution in [1.82, 2.24) is 14.5 Å². The molecule has 0 saturated carbocycles. The average molecular weight is 384 g/mol. The Hall–Kier alpha value is -1.38. The molecule has 1 aromatic heterocycles. The first kappa shape index (κ1) is 19.4. The lowest BCUT2D eigenvalue weighted by Crippen LogP contribution is -2.45. The minimum absolute atomic E-state index is 0.0201. The van der Waals surface area contributed by atoms with Gasteiger partial charge in [-0.1, -0.05) is 6.42 Å². The lowest BCUT2D eigenvalue weighted by molar-refractivity contribution is -0.126. The quantitative estimate of drug-likeness (QED) is 0.807. The molecule has 0 radical (unpaired) electrons. The normalized spacial score (nSPS) is 22.2. The number of nitrogens with zero attached hydrogens (tertiary/aromatic N) is 2. The molecule has 2 aliphatic heterocycles. The predicted molar refractivity (Wildman–Crippen MR) is 99.0 cm³/mol. The van der Waals surface area contributed by atoms with Crippen LogP contribution in [0.25, 0.3) is 0 Å². The van der Waals surface area contributed by atoms with Gasteiger partial charge in [0.05, 0.1) is 18.6 Å². The van der Waals surface area contributed by atoms with E-state index < -0.39 is 10.0 Å². The van der Waals surface area contributed by atoms with Gasteiger partial charge in [-0.25, -0.2) is 12.7 Å². The summed E-state index contributed by atoms with van der Waals surface area (Å²) in [4.78, 5) is 15.0. The number of amides is 1. The second kappa shape index (κ2) is 8.54. The number of hydrogen-bond donors (Lipinski definition) is 1. The number of piperidine rings is 2. The van der Waals surface area contributed by atoms with Crippen molar-refractivity contribution in [2.45, 2.75) is 38.1 Å². The molecule has 26 heavy (non-hydrogen) atoms. The maximum absolute atomic E-state index is 12.6. The molecule has 0 aliphatic carbocycles. The number of nitrogens with one attached hydrogen (secondary N) is 1. The van der Waals surface area contributed by atoms with Crippen molar-refractivity contribution in [2.24, 2.45) is 5.92 Å². The summed E-state index contributed by atoms with van der Waals surface area (Å²) in [5, 5.41) is 3.08. The van der Waals surface area contributed by atoms with Gasteiger partial charge in [-0.2, -0.15) is 0 Å². The Bertz CT molecular complexity index is 675. The lowest BCUT2D eigenvalue weighted by atomic mass is 9.97. The standard InChI is InChI=1S/C18H29N3O4S/c1-26(23,24)21-11-7-15(8-12-21)18(22)19-14-16(17-6-5-13-25-17)20-9-3-2-4-10-20/h5-6,13,15-16H,2-4,7-12,14H2,1H3,(H,19,22)/t16-/m1/s1. The summed E-state index contributed by atoms with van der Waals surface area (Å²) < 4.78 is 30.3. The molecule has 0 spiro atoms. The lowest BCUT2D eigenvalue weighted by Gasteiger charge is -2.34. The Labute approximate surface area is 155 Å². The van der Waals surface area contributed by atoms with Crippen LogP contribution in [0.1, 0.15) is 43.9 Å². The average Bonchev–Trinajstić information content (AvgIpc) is 3.16. The highest BCUT2D eigenvalue weighted by Crippen LogP contribution is 2.25. The van der Waals surface area contributed by atoms with Gasteiger partial charge in [-0.3, -0.25) is 9.69 Å². The van der Waals surface area contributed by atoms with Crippen molar-refractivity contribution in [2.75, 3.05) is 39.0 Å². The Kier molecular flexibility index (Phi) is 6.37. The highest BCUT2D eigenvalue weighted by molar-refractivity contribution is 7.88. The molecular weight excluding hydrogens is 354 g/mol. The van der Waals surface area contributed by atoms with E-state index in [1.54, 1.807) is 6.26 Å². The van der Waals surface area contributed by atoms with Gasteiger partial charge in [0, 0.05) is 25.6 Å². The van der Waals surface area contributed by atoms with Crippen molar-refractivity contribution in [3.05, 3.63) is 24.2 Å². The molecule has 146 valence electrons. The van der Waals surface area contributed by atoms with Crippen molar-refractivity contribution in [3.63, 3.8) is 0 Å². The first-order valence-electron chi connectivity index (χ1n) is 9.45. The fourth-order valence-electron chi connectivity index (χ4n) is 3.91. The molecule has 0 unspecified atom stereocenters. The summed E-state index contributed by atoms with van der Waals surface area (Å²) in [5.74, 6) is 0.789. The van der Waals surface area contributed by atoms with E-state index in [-0.39, 0.29) is 17.9 Å². The van der Waals surface area contributed by atoms with E-state index in [4.69, 9.17) is 4.42 Å². The van der Waals surface area contributed by atoms with E-state index in [9.17, 15) is 13.2 Å². The maximum atomic E-state index is 12.6. The van der Waals surface area contributed by atoms with Gasteiger partial charge in [0.15, 0.2) is 0 Å². The smallest absolute Gasteiger partial charge is 0.223 e. The minimum atomic E-state index is -3.16. The molecule has 7 nitrogen and oxygen atoms in total. The highest BCUT2D eigenvalue weighted by Gasteiger charge is 2.30. The fraction of sp³-hybridized carbons (Fsp3) is 0.722. The Morgan fingerprint density at radius 3 is 2.50 bits per heavy atom. The van der Waals surface area contributed by atoms with Gasteiger partial charge in [0.25, 0.3) is 0 Å². The first-order chi connectivity index (χ1) is 12.4. The minimum Gasteiger partial charge on any atom is -0.468 e. The third-order valence-electron chi connectivity index (χ3n) is 5.47. The van der Waals surface area contributed by atoms with Crippen molar-refractivity contribution in [1.29, 1.82) is 0 Å². The number of hydrogen-bond acceptors (Lipinski definition) is 5. The van der Waals surface area contributed by atoms with E-state index >= 15 is 0 Å². The van der Waals surface area contributed by atoms with Gasteiger partial charge in [0.2, 0.25) is 15.9 Å². The SMILES string of the molecule is CS(=O)(=O)N1CCC(C(=O)NC[C@H](c2ccco2)N2CCCCC2)CC1. The zero-order valence-electron chi connectivity index (χ0n) is 15.4. The van der Waals surface area contributed by atoms with Gasteiger partial charge < -0.3 is 9.73 Å². The third kappa shape index (κ3) is 4.86. The topological polar surface area (TPSA) is 82.9 Å². The van der Waals surface area contributed by atoms with E-state index in [1.165, 1.54) is 29.8 Å².